The van der Waals surface area contributed by atoms with E-state index >= 15 is 0 Å². The summed E-state index contributed by atoms with van der Waals surface area (Å²) in [4.78, 5) is 28.6. The molecule has 8 nitrogen and oxygen atoms in total. The van der Waals surface area contributed by atoms with Gasteiger partial charge in [0.1, 0.15) is 18.3 Å². The highest BCUT2D eigenvalue weighted by Gasteiger charge is 2.34. The van der Waals surface area contributed by atoms with E-state index in [4.69, 9.17) is 27.9 Å². The van der Waals surface area contributed by atoms with Crippen molar-refractivity contribution in [2.75, 3.05) is 24.0 Å². The molecule has 0 bridgehead atoms. The van der Waals surface area contributed by atoms with E-state index in [1.54, 1.807) is 68.4 Å². The number of nitrogens with zero attached hydrogens (tertiary/aromatic N) is 2. The zero-order valence-corrected chi connectivity index (χ0v) is 26.6. The number of hydrogen-bond acceptors (Lipinski definition) is 5. The van der Waals surface area contributed by atoms with Crippen molar-refractivity contribution in [3.05, 3.63) is 87.9 Å². The van der Waals surface area contributed by atoms with Crippen molar-refractivity contribution in [2.24, 2.45) is 0 Å². The van der Waals surface area contributed by atoms with Gasteiger partial charge in [0.2, 0.25) is 11.8 Å². The van der Waals surface area contributed by atoms with Crippen molar-refractivity contribution in [3.8, 4) is 5.75 Å². The minimum Gasteiger partial charge on any atom is -0.492 e. The topological polar surface area (TPSA) is 96.0 Å². The van der Waals surface area contributed by atoms with Gasteiger partial charge in [0, 0.05) is 28.7 Å². The average molecular weight is 635 g/mol. The van der Waals surface area contributed by atoms with Crippen LogP contribution in [0, 0.1) is 6.92 Å². The zero-order chi connectivity index (χ0) is 30.9. The molecule has 0 aromatic heterocycles. The zero-order valence-electron chi connectivity index (χ0n) is 24.3. The van der Waals surface area contributed by atoms with E-state index in [1.165, 1.54) is 17.0 Å². The second-order valence-electron chi connectivity index (χ2n) is 9.77. The maximum Gasteiger partial charge on any atom is 0.264 e. The van der Waals surface area contributed by atoms with Crippen LogP contribution in [0.2, 0.25) is 10.0 Å². The van der Waals surface area contributed by atoms with E-state index in [0.29, 0.717) is 27.9 Å². The summed E-state index contributed by atoms with van der Waals surface area (Å²) < 4.78 is 34.9. The summed E-state index contributed by atoms with van der Waals surface area (Å²) in [5, 5.41) is 3.50. The largest absolute Gasteiger partial charge is 0.492 e. The second-order valence-corrected chi connectivity index (χ2v) is 12.4. The van der Waals surface area contributed by atoms with Gasteiger partial charge in [0.15, 0.2) is 0 Å². The first-order valence-electron chi connectivity index (χ1n) is 13.8. The maximum atomic E-state index is 14.1. The molecule has 0 aliphatic carbocycles. The van der Waals surface area contributed by atoms with Gasteiger partial charge in [-0.05, 0) is 63.6 Å². The Hall–Kier alpha value is -3.27. The Bertz CT molecular complexity index is 1460. The number of rotatable bonds is 14. The number of amides is 2. The number of sulfonamides is 1. The van der Waals surface area contributed by atoms with Crippen molar-refractivity contribution in [1.82, 2.24) is 10.2 Å². The van der Waals surface area contributed by atoms with Gasteiger partial charge in [-0.1, -0.05) is 72.4 Å². The van der Waals surface area contributed by atoms with Crippen LogP contribution in [-0.2, 0) is 26.2 Å². The van der Waals surface area contributed by atoms with Gasteiger partial charge < -0.3 is 15.0 Å². The van der Waals surface area contributed by atoms with Crippen LogP contribution in [0.5, 0.6) is 5.75 Å². The van der Waals surface area contributed by atoms with E-state index in [9.17, 15) is 18.0 Å². The normalized spacial score (nSPS) is 12.0. The number of carbonyl (C=O) groups excluding carboxylic acids is 2. The summed E-state index contributed by atoms with van der Waals surface area (Å²) in [5.41, 5.74) is 1.53. The average Bonchev–Trinajstić information content (AvgIpc) is 2.96. The van der Waals surface area contributed by atoms with E-state index < -0.39 is 28.5 Å². The number of carbonyl (C=O) groups is 2. The molecule has 3 aromatic rings. The van der Waals surface area contributed by atoms with Crippen LogP contribution in [0.3, 0.4) is 0 Å². The fourth-order valence-corrected chi connectivity index (χ4v) is 6.21. The molecule has 0 spiro atoms. The number of para-hydroxylation sites is 2. The van der Waals surface area contributed by atoms with Crippen LogP contribution in [0.25, 0.3) is 0 Å². The minimum atomic E-state index is -4.24. The first-order valence-corrected chi connectivity index (χ1v) is 16.0. The smallest absolute Gasteiger partial charge is 0.264 e. The van der Waals surface area contributed by atoms with Crippen LogP contribution in [0.4, 0.5) is 5.69 Å². The van der Waals surface area contributed by atoms with Crippen LogP contribution in [0.1, 0.15) is 44.7 Å². The third-order valence-corrected chi connectivity index (χ3v) is 9.19. The molecule has 2 amide bonds. The molecule has 1 atom stereocenters. The minimum absolute atomic E-state index is 0.0123. The standard InChI is InChI=1S/C31H37Cl2N3O5S/c1-5-7-19-34-31(38)23(4)35(20-25-26(32)11-10-12-27(25)33)30(37)21-36(28-13-8-9-14-29(28)41-6-2)42(39,40)24-17-15-22(3)16-18-24/h8-18,23H,5-7,19-21H2,1-4H3,(H,34,38)/t23-/m0/s1. The number of anilines is 1. The summed E-state index contributed by atoms with van der Waals surface area (Å²) >= 11 is 12.9. The summed E-state index contributed by atoms with van der Waals surface area (Å²) in [6.45, 7) is 7.27. The molecular formula is C31H37Cl2N3O5S. The van der Waals surface area contributed by atoms with Gasteiger partial charge >= 0.3 is 0 Å². The predicted molar refractivity (Wildman–Crippen MR) is 168 cm³/mol. The molecule has 0 saturated heterocycles. The van der Waals surface area contributed by atoms with E-state index in [0.717, 1.165) is 22.7 Å². The predicted octanol–water partition coefficient (Wildman–Crippen LogP) is 6.23. The van der Waals surface area contributed by atoms with Crippen molar-refractivity contribution < 1.29 is 22.7 Å². The number of ether oxygens (including phenoxy) is 1. The van der Waals surface area contributed by atoms with Crippen molar-refractivity contribution in [2.45, 2.75) is 58.0 Å². The molecule has 0 aliphatic heterocycles. The van der Waals surface area contributed by atoms with E-state index in [1.807, 2.05) is 13.8 Å². The molecule has 0 fully saturated rings. The fraction of sp³-hybridized carbons (Fsp3) is 0.355. The van der Waals surface area contributed by atoms with Gasteiger partial charge in [-0.3, -0.25) is 13.9 Å². The highest BCUT2D eigenvalue weighted by atomic mass is 35.5. The van der Waals surface area contributed by atoms with Crippen LogP contribution >= 0.6 is 23.2 Å². The van der Waals surface area contributed by atoms with Gasteiger partial charge in [0.05, 0.1) is 17.2 Å². The van der Waals surface area contributed by atoms with E-state index in [-0.39, 0.29) is 29.6 Å². The molecule has 3 rings (SSSR count). The van der Waals surface area contributed by atoms with Crippen LogP contribution in [0.15, 0.2) is 71.6 Å². The first-order chi connectivity index (χ1) is 20.0. The Morgan fingerprint density at radius 3 is 2.21 bits per heavy atom. The monoisotopic (exact) mass is 633 g/mol. The first kappa shape index (κ1) is 33.2. The fourth-order valence-electron chi connectivity index (χ4n) is 4.26. The van der Waals surface area contributed by atoms with Gasteiger partial charge in [-0.2, -0.15) is 0 Å². The molecule has 1 N–H and O–H groups in total. The third-order valence-electron chi connectivity index (χ3n) is 6.71. The summed E-state index contributed by atoms with van der Waals surface area (Å²) in [6.07, 6.45) is 1.66. The highest BCUT2D eigenvalue weighted by molar-refractivity contribution is 7.92. The molecule has 0 saturated carbocycles. The van der Waals surface area contributed by atoms with Gasteiger partial charge in [-0.25, -0.2) is 8.42 Å². The highest BCUT2D eigenvalue weighted by Crippen LogP contribution is 2.33. The Balaban J connectivity index is 2.09. The van der Waals surface area contributed by atoms with Crippen LogP contribution in [-0.4, -0.2) is 50.9 Å². The Morgan fingerprint density at radius 2 is 1.60 bits per heavy atom. The summed E-state index contributed by atoms with van der Waals surface area (Å²) in [6, 6.07) is 17.0. The molecule has 226 valence electrons. The van der Waals surface area contributed by atoms with Crippen molar-refractivity contribution in [3.63, 3.8) is 0 Å². The Kier molecular flexibility index (Phi) is 12.1. The molecule has 0 radical (unpaired) electrons. The molecule has 11 heteroatoms. The molecule has 0 heterocycles. The molecular weight excluding hydrogens is 597 g/mol. The van der Waals surface area contributed by atoms with Crippen LogP contribution < -0.4 is 14.4 Å². The van der Waals surface area contributed by atoms with E-state index in [2.05, 4.69) is 5.32 Å². The number of nitrogens with one attached hydrogen (secondary N) is 1. The molecule has 42 heavy (non-hydrogen) atoms. The number of benzene rings is 3. The summed E-state index contributed by atoms with van der Waals surface area (Å²) in [7, 11) is -4.24. The second kappa shape index (κ2) is 15.3. The van der Waals surface area contributed by atoms with Gasteiger partial charge in [-0.15, -0.1) is 0 Å². The molecule has 3 aromatic carbocycles. The van der Waals surface area contributed by atoms with Crippen molar-refractivity contribution >= 4 is 50.7 Å². The maximum absolute atomic E-state index is 14.1. The molecule has 0 unspecified atom stereocenters. The third kappa shape index (κ3) is 8.18. The lowest BCUT2D eigenvalue weighted by Crippen LogP contribution is -2.51. The lowest BCUT2D eigenvalue weighted by Gasteiger charge is -2.32. The SMILES string of the molecule is CCCCNC(=O)[C@H](C)N(Cc1c(Cl)cccc1Cl)C(=O)CN(c1ccccc1OCC)S(=O)(=O)c1ccc(C)cc1. The number of aryl methyl sites for hydroxylation is 1. The number of halogens is 2. The quantitative estimate of drug-likeness (QED) is 0.212. The lowest BCUT2D eigenvalue weighted by atomic mass is 10.1. The number of unbranched alkanes of at least 4 members (excludes halogenated alkanes) is 1. The summed E-state index contributed by atoms with van der Waals surface area (Å²) in [5.74, 6) is -0.691. The van der Waals surface area contributed by atoms with Crippen molar-refractivity contribution in [1.29, 1.82) is 0 Å². The Morgan fingerprint density at radius 1 is 0.952 bits per heavy atom. The lowest BCUT2D eigenvalue weighted by molar-refractivity contribution is -0.139. The Labute approximate surface area is 258 Å². The molecule has 0 aliphatic rings. The van der Waals surface area contributed by atoms with Gasteiger partial charge in [0.25, 0.3) is 10.0 Å². The number of hydrogen-bond donors (Lipinski definition) is 1.